The van der Waals surface area contributed by atoms with Crippen molar-refractivity contribution >= 4 is 17.5 Å². The van der Waals surface area contributed by atoms with E-state index < -0.39 is 11.7 Å². The molecule has 2 heterocycles. The van der Waals surface area contributed by atoms with Crippen LogP contribution in [0.4, 0.5) is 30.6 Å². The van der Waals surface area contributed by atoms with Gasteiger partial charge in [0, 0.05) is 23.1 Å². The van der Waals surface area contributed by atoms with E-state index in [1.54, 1.807) is 12.3 Å². The summed E-state index contributed by atoms with van der Waals surface area (Å²) in [6, 6.07) is 10.6. The van der Waals surface area contributed by atoms with Crippen molar-refractivity contribution in [2.24, 2.45) is 0 Å². The standard InChI is InChI=1S/C19H18F3N5/c1-12-13(2)25-18(24-11-16-7-3-4-9-23-16)27-17(12)26-15-8-5-6-14(10-15)19(20,21)22/h3-10H,11H2,1-2H3,(H2,24,25,26,27). The minimum absolute atomic E-state index is 0.307. The third-order valence-electron chi connectivity index (χ3n) is 4.00. The summed E-state index contributed by atoms with van der Waals surface area (Å²) < 4.78 is 38.7. The number of rotatable bonds is 5. The molecule has 5 nitrogen and oxygen atoms in total. The van der Waals surface area contributed by atoms with E-state index in [0.29, 0.717) is 24.0 Å². The number of aryl methyl sites for hydroxylation is 1. The predicted octanol–water partition coefficient (Wildman–Crippen LogP) is 4.86. The van der Waals surface area contributed by atoms with Crippen molar-refractivity contribution in [1.29, 1.82) is 0 Å². The van der Waals surface area contributed by atoms with Crippen LogP contribution in [0.3, 0.4) is 0 Å². The molecule has 0 bridgehead atoms. The molecular weight excluding hydrogens is 355 g/mol. The molecule has 0 aliphatic carbocycles. The van der Waals surface area contributed by atoms with E-state index in [1.807, 2.05) is 32.0 Å². The number of benzene rings is 1. The summed E-state index contributed by atoms with van der Waals surface area (Å²) in [6.07, 6.45) is -2.71. The normalized spacial score (nSPS) is 11.3. The van der Waals surface area contributed by atoms with Crippen LogP contribution in [0.5, 0.6) is 0 Å². The highest BCUT2D eigenvalue weighted by Gasteiger charge is 2.30. The summed E-state index contributed by atoms with van der Waals surface area (Å²) in [4.78, 5) is 13.0. The zero-order valence-electron chi connectivity index (χ0n) is 14.8. The summed E-state index contributed by atoms with van der Waals surface area (Å²) in [5, 5.41) is 6.04. The van der Waals surface area contributed by atoms with E-state index >= 15 is 0 Å². The Morgan fingerprint density at radius 2 is 1.81 bits per heavy atom. The molecule has 0 saturated carbocycles. The average Bonchev–Trinajstić information content (AvgIpc) is 2.64. The van der Waals surface area contributed by atoms with Gasteiger partial charge in [-0.2, -0.15) is 18.2 Å². The topological polar surface area (TPSA) is 62.7 Å². The molecule has 0 atom stereocenters. The first kappa shape index (κ1) is 18.6. The van der Waals surface area contributed by atoms with Crippen molar-refractivity contribution in [3.8, 4) is 0 Å². The second-order valence-corrected chi connectivity index (χ2v) is 5.98. The predicted molar refractivity (Wildman–Crippen MR) is 97.8 cm³/mol. The molecule has 0 fully saturated rings. The number of hydrogen-bond acceptors (Lipinski definition) is 5. The number of aromatic nitrogens is 3. The third kappa shape index (κ3) is 4.72. The first-order valence-corrected chi connectivity index (χ1v) is 8.26. The lowest BCUT2D eigenvalue weighted by Gasteiger charge is -2.14. The molecule has 3 aromatic rings. The molecule has 0 amide bonds. The first-order chi connectivity index (χ1) is 12.8. The van der Waals surface area contributed by atoms with Gasteiger partial charge >= 0.3 is 6.18 Å². The van der Waals surface area contributed by atoms with Gasteiger partial charge < -0.3 is 10.6 Å². The van der Waals surface area contributed by atoms with Crippen LogP contribution in [0.15, 0.2) is 48.7 Å². The van der Waals surface area contributed by atoms with Crippen molar-refractivity contribution in [2.75, 3.05) is 10.6 Å². The summed E-state index contributed by atoms with van der Waals surface area (Å²) in [7, 11) is 0. The molecule has 3 rings (SSSR count). The molecule has 140 valence electrons. The quantitative estimate of drug-likeness (QED) is 0.669. The highest BCUT2D eigenvalue weighted by molar-refractivity contribution is 5.62. The highest BCUT2D eigenvalue weighted by atomic mass is 19.4. The van der Waals surface area contributed by atoms with Crippen molar-refractivity contribution in [3.63, 3.8) is 0 Å². The maximum absolute atomic E-state index is 12.9. The second kappa shape index (κ2) is 7.61. The summed E-state index contributed by atoms with van der Waals surface area (Å²) in [5.41, 5.74) is 1.90. The Labute approximate surface area is 154 Å². The van der Waals surface area contributed by atoms with Crippen LogP contribution in [0, 0.1) is 13.8 Å². The van der Waals surface area contributed by atoms with Crippen molar-refractivity contribution in [2.45, 2.75) is 26.6 Å². The van der Waals surface area contributed by atoms with E-state index in [9.17, 15) is 13.2 Å². The minimum Gasteiger partial charge on any atom is -0.349 e. The summed E-state index contributed by atoms with van der Waals surface area (Å²) >= 11 is 0. The van der Waals surface area contributed by atoms with Crippen molar-refractivity contribution in [3.05, 3.63) is 71.2 Å². The molecule has 0 spiro atoms. The molecule has 1 aromatic carbocycles. The Bertz CT molecular complexity index is 926. The number of nitrogens with one attached hydrogen (secondary N) is 2. The van der Waals surface area contributed by atoms with Crippen LogP contribution in [-0.4, -0.2) is 15.0 Å². The Kier molecular flexibility index (Phi) is 5.25. The number of nitrogens with zero attached hydrogens (tertiary/aromatic N) is 3. The van der Waals surface area contributed by atoms with Crippen molar-refractivity contribution < 1.29 is 13.2 Å². The molecular formula is C19H18F3N5. The fraction of sp³-hybridized carbons (Fsp3) is 0.211. The van der Waals surface area contributed by atoms with Gasteiger partial charge in [0.2, 0.25) is 5.95 Å². The molecule has 27 heavy (non-hydrogen) atoms. The Hall–Kier alpha value is -3.16. The highest BCUT2D eigenvalue weighted by Crippen LogP contribution is 2.31. The fourth-order valence-corrected chi connectivity index (χ4v) is 2.41. The van der Waals surface area contributed by atoms with Gasteiger partial charge in [-0.3, -0.25) is 4.98 Å². The van der Waals surface area contributed by atoms with Gasteiger partial charge in [0.05, 0.1) is 17.8 Å². The van der Waals surface area contributed by atoms with Crippen LogP contribution in [0.1, 0.15) is 22.5 Å². The van der Waals surface area contributed by atoms with Gasteiger partial charge in [-0.25, -0.2) is 4.98 Å². The van der Waals surface area contributed by atoms with Crippen LogP contribution in [0.25, 0.3) is 0 Å². The molecule has 0 saturated heterocycles. The molecule has 0 radical (unpaired) electrons. The number of halogens is 3. The molecule has 0 unspecified atom stereocenters. The minimum atomic E-state index is -4.40. The zero-order chi connectivity index (χ0) is 19.4. The van der Waals surface area contributed by atoms with E-state index in [1.165, 1.54) is 6.07 Å². The fourth-order valence-electron chi connectivity index (χ4n) is 2.41. The van der Waals surface area contributed by atoms with Gasteiger partial charge in [-0.05, 0) is 44.2 Å². The lowest BCUT2D eigenvalue weighted by atomic mass is 10.2. The maximum Gasteiger partial charge on any atom is 0.416 e. The van der Waals surface area contributed by atoms with Crippen LogP contribution in [-0.2, 0) is 12.7 Å². The molecule has 2 N–H and O–H groups in total. The number of hydrogen-bond donors (Lipinski definition) is 2. The maximum atomic E-state index is 12.9. The second-order valence-electron chi connectivity index (χ2n) is 5.98. The Balaban J connectivity index is 1.82. The van der Waals surface area contributed by atoms with Crippen molar-refractivity contribution in [1.82, 2.24) is 15.0 Å². The number of alkyl halides is 3. The zero-order valence-corrected chi connectivity index (χ0v) is 14.8. The van der Waals surface area contributed by atoms with E-state index in [2.05, 4.69) is 25.6 Å². The smallest absolute Gasteiger partial charge is 0.349 e. The Morgan fingerprint density at radius 3 is 2.52 bits per heavy atom. The summed E-state index contributed by atoms with van der Waals surface area (Å²) in [6.45, 7) is 4.07. The lowest BCUT2D eigenvalue weighted by molar-refractivity contribution is -0.137. The van der Waals surface area contributed by atoms with Gasteiger partial charge in [-0.15, -0.1) is 0 Å². The molecule has 0 aliphatic heterocycles. The SMILES string of the molecule is Cc1nc(NCc2ccccn2)nc(Nc2cccc(C(F)(F)F)c2)c1C. The lowest BCUT2D eigenvalue weighted by Crippen LogP contribution is -2.09. The first-order valence-electron chi connectivity index (χ1n) is 8.26. The van der Waals surface area contributed by atoms with Crippen LogP contribution < -0.4 is 10.6 Å². The van der Waals surface area contributed by atoms with Gasteiger partial charge in [0.1, 0.15) is 5.82 Å². The van der Waals surface area contributed by atoms with Gasteiger partial charge in [0.15, 0.2) is 0 Å². The van der Waals surface area contributed by atoms with E-state index in [0.717, 1.165) is 29.1 Å². The van der Waals surface area contributed by atoms with Gasteiger partial charge in [-0.1, -0.05) is 12.1 Å². The Morgan fingerprint density at radius 1 is 1.00 bits per heavy atom. The van der Waals surface area contributed by atoms with Crippen LogP contribution >= 0.6 is 0 Å². The van der Waals surface area contributed by atoms with Gasteiger partial charge in [0.25, 0.3) is 0 Å². The van der Waals surface area contributed by atoms with Crippen LogP contribution in [0.2, 0.25) is 0 Å². The monoisotopic (exact) mass is 373 g/mol. The number of pyridine rings is 1. The number of anilines is 3. The summed E-state index contributed by atoms with van der Waals surface area (Å²) in [5.74, 6) is 0.823. The van der Waals surface area contributed by atoms with E-state index in [4.69, 9.17) is 0 Å². The third-order valence-corrected chi connectivity index (χ3v) is 4.00. The largest absolute Gasteiger partial charge is 0.416 e. The molecule has 2 aromatic heterocycles. The van der Waals surface area contributed by atoms with E-state index in [-0.39, 0.29) is 0 Å². The molecule has 0 aliphatic rings. The molecule has 8 heteroatoms. The average molecular weight is 373 g/mol.